The van der Waals surface area contributed by atoms with Crippen LogP contribution in [0, 0.1) is 6.92 Å². The predicted molar refractivity (Wildman–Crippen MR) is 40.9 cm³/mol. The smallest absolute Gasteiger partial charge is 0.409 e. The number of hydrogen-bond donors (Lipinski definition) is 0. The molecule has 1 aromatic rings. The molecule has 1 rings (SSSR count). The van der Waals surface area contributed by atoms with Crippen molar-refractivity contribution in [2.75, 3.05) is 0 Å². The summed E-state index contributed by atoms with van der Waals surface area (Å²) >= 11 is 4.98. The van der Waals surface area contributed by atoms with Crippen LogP contribution < -0.4 is 4.74 Å². The van der Waals surface area contributed by atoms with E-state index in [1.807, 2.05) is 0 Å². The highest BCUT2D eigenvalue weighted by Gasteiger charge is 1.98. The van der Waals surface area contributed by atoms with Gasteiger partial charge in [0.2, 0.25) is 0 Å². The van der Waals surface area contributed by atoms with E-state index in [1.165, 1.54) is 0 Å². The molecule has 1 heterocycles. The molecule has 0 aliphatic carbocycles. The average Bonchev–Trinajstić information content (AvgIpc) is 1.85. The maximum Gasteiger partial charge on any atom is 0.409 e. The van der Waals surface area contributed by atoms with Crippen LogP contribution in [-0.4, -0.2) is 10.4 Å². The lowest BCUT2D eigenvalue weighted by Gasteiger charge is -1.98. The highest BCUT2D eigenvalue weighted by atomic mass is 35.5. The molecular weight excluding hydrogens is 166 g/mol. The summed E-state index contributed by atoms with van der Waals surface area (Å²) in [6.07, 6.45) is 1.55. The van der Waals surface area contributed by atoms with Crippen LogP contribution in [0.25, 0.3) is 0 Å². The van der Waals surface area contributed by atoms with Gasteiger partial charge in [-0.15, -0.1) is 0 Å². The summed E-state index contributed by atoms with van der Waals surface area (Å²) in [4.78, 5) is 14.2. The summed E-state index contributed by atoms with van der Waals surface area (Å²) in [5, 5.41) is 0. The first kappa shape index (κ1) is 8.01. The minimum atomic E-state index is -0.837. The van der Waals surface area contributed by atoms with Crippen molar-refractivity contribution in [1.82, 2.24) is 4.98 Å². The first-order valence-corrected chi connectivity index (χ1v) is 3.36. The van der Waals surface area contributed by atoms with Crippen molar-refractivity contribution in [2.24, 2.45) is 0 Å². The van der Waals surface area contributed by atoms with Gasteiger partial charge < -0.3 is 4.74 Å². The lowest BCUT2D eigenvalue weighted by Crippen LogP contribution is -1.96. The fraction of sp³-hybridized carbons (Fsp3) is 0.143. The maximum atomic E-state index is 10.2. The van der Waals surface area contributed by atoms with Crippen LogP contribution in [0.15, 0.2) is 18.3 Å². The summed E-state index contributed by atoms with van der Waals surface area (Å²) < 4.78 is 4.58. The second-order valence-electron chi connectivity index (χ2n) is 1.97. The van der Waals surface area contributed by atoms with E-state index in [0.29, 0.717) is 5.75 Å². The fourth-order valence-electron chi connectivity index (χ4n) is 0.676. The van der Waals surface area contributed by atoms with E-state index in [9.17, 15) is 4.79 Å². The number of carbonyl (C=O) groups excluding carboxylic acids is 1. The molecule has 1 aromatic heterocycles. The van der Waals surface area contributed by atoms with E-state index in [2.05, 4.69) is 9.72 Å². The highest BCUT2D eigenvalue weighted by molar-refractivity contribution is 6.61. The molecule has 11 heavy (non-hydrogen) atoms. The van der Waals surface area contributed by atoms with Crippen LogP contribution in [0.3, 0.4) is 0 Å². The Hall–Kier alpha value is -1.09. The lowest BCUT2D eigenvalue weighted by atomic mass is 10.4. The fourth-order valence-corrected chi connectivity index (χ4v) is 0.765. The number of nitrogens with zero attached hydrogens (tertiary/aromatic N) is 1. The van der Waals surface area contributed by atoms with E-state index in [0.717, 1.165) is 5.69 Å². The first-order valence-electron chi connectivity index (χ1n) is 2.98. The number of aromatic nitrogens is 1. The number of pyridine rings is 1. The second kappa shape index (κ2) is 3.34. The van der Waals surface area contributed by atoms with Gasteiger partial charge in [0.15, 0.2) is 0 Å². The molecule has 0 aliphatic rings. The van der Waals surface area contributed by atoms with Gasteiger partial charge in [-0.1, -0.05) is 0 Å². The molecule has 0 saturated carbocycles. The largest absolute Gasteiger partial charge is 0.414 e. The monoisotopic (exact) mass is 171 g/mol. The predicted octanol–water partition coefficient (Wildman–Crippen LogP) is 2.13. The Bertz CT molecular complexity index is 275. The number of ether oxygens (including phenoxy) is 1. The molecule has 0 aliphatic heterocycles. The van der Waals surface area contributed by atoms with Gasteiger partial charge in [0.25, 0.3) is 0 Å². The zero-order valence-electron chi connectivity index (χ0n) is 5.87. The van der Waals surface area contributed by atoms with Crippen molar-refractivity contribution in [1.29, 1.82) is 0 Å². The summed E-state index contributed by atoms with van der Waals surface area (Å²) in [5.74, 6) is 0.414. The molecule has 0 bridgehead atoms. The van der Waals surface area contributed by atoms with Gasteiger partial charge in [0, 0.05) is 29.6 Å². The Balaban J connectivity index is 2.79. The highest BCUT2D eigenvalue weighted by Crippen LogP contribution is 2.10. The van der Waals surface area contributed by atoms with Crippen molar-refractivity contribution in [3.8, 4) is 5.75 Å². The summed E-state index contributed by atoms with van der Waals surface area (Å²) in [6, 6.07) is 3.19. The Kier molecular flexibility index (Phi) is 2.44. The molecule has 0 radical (unpaired) electrons. The Morgan fingerprint density at radius 3 is 3.00 bits per heavy atom. The van der Waals surface area contributed by atoms with Crippen LogP contribution >= 0.6 is 11.6 Å². The molecule has 4 heteroatoms. The van der Waals surface area contributed by atoms with Crippen LogP contribution in [0.5, 0.6) is 5.75 Å². The van der Waals surface area contributed by atoms with Gasteiger partial charge in [0.1, 0.15) is 5.75 Å². The molecule has 0 spiro atoms. The SMILES string of the molecule is Cc1cc(OC(=O)Cl)ccn1. The number of hydrogen-bond acceptors (Lipinski definition) is 3. The van der Waals surface area contributed by atoms with Crippen LogP contribution in [-0.2, 0) is 0 Å². The number of aryl methyl sites for hydroxylation is 1. The summed E-state index contributed by atoms with van der Waals surface area (Å²) in [5.41, 5.74) is -0.0592. The first-order chi connectivity index (χ1) is 5.18. The number of halogens is 1. The standard InChI is InChI=1S/C7H6ClNO2/c1-5-4-6(2-3-9-5)11-7(8)10/h2-4H,1H3. The molecule has 0 N–H and O–H groups in total. The normalized spacial score (nSPS) is 9.27. The van der Waals surface area contributed by atoms with E-state index in [-0.39, 0.29) is 0 Å². The topological polar surface area (TPSA) is 39.2 Å². The van der Waals surface area contributed by atoms with Crippen LogP contribution in [0.1, 0.15) is 5.69 Å². The third kappa shape index (κ3) is 2.55. The van der Waals surface area contributed by atoms with Crippen molar-refractivity contribution in [2.45, 2.75) is 6.92 Å². The van der Waals surface area contributed by atoms with Gasteiger partial charge in [0.05, 0.1) is 0 Å². The number of carbonyl (C=O) groups is 1. The molecule has 58 valence electrons. The van der Waals surface area contributed by atoms with Crippen molar-refractivity contribution in [3.63, 3.8) is 0 Å². The van der Waals surface area contributed by atoms with Gasteiger partial charge in [-0.05, 0) is 13.0 Å². The quantitative estimate of drug-likeness (QED) is 0.608. The van der Waals surface area contributed by atoms with Gasteiger partial charge in [-0.3, -0.25) is 4.98 Å². The molecule has 0 amide bonds. The molecule has 0 unspecified atom stereocenters. The Morgan fingerprint density at radius 1 is 1.73 bits per heavy atom. The zero-order valence-corrected chi connectivity index (χ0v) is 6.63. The van der Waals surface area contributed by atoms with Crippen LogP contribution in [0.4, 0.5) is 4.79 Å². The molecule has 0 saturated heterocycles. The molecule has 3 nitrogen and oxygen atoms in total. The molecule has 0 fully saturated rings. The lowest BCUT2D eigenvalue weighted by molar-refractivity contribution is 0.225. The summed E-state index contributed by atoms with van der Waals surface area (Å²) in [6.45, 7) is 1.80. The minimum absolute atomic E-state index is 0.414. The molecular formula is C7H6ClNO2. The average molecular weight is 172 g/mol. The minimum Gasteiger partial charge on any atom is -0.414 e. The zero-order chi connectivity index (χ0) is 8.27. The van der Waals surface area contributed by atoms with Crippen molar-refractivity contribution >= 4 is 17.0 Å². The maximum absolute atomic E-state index is 10.2. The number of rotatable bonds is 1. The van der Waals surface area contributed by atoms with Gasteiger partial charge >= 0.3 is 5.43 Å². The van der Waals surface area contributed by atoms with E-state index in [1.54, 1.807) is 25.3 Å². The Morgan fingerprint density at radius 2 is 2.45 bits per heavy atom. The van der Waals surface area contributed by atoms with Crippen molar-refractivity contribution < 1.29 is 9.53 Å². The van der Waals surface area contributed by atoms with E-state index in [4.69, 9.17) is 11.6 Å². The second-order valence-corrected chi connectivity index (χ2v) is 2.28. The van der Waals surface area contributed by atoms with Gasteiger partial charge in [-0.25, -0.2) is 4.79 Å². The third-order valence-corrected chi connectivity index (χ3v) is 1.14. The van der Waals surface area contributed by atoms with Gasteiger partial charge in [-0.2, -0.15) is 0 Å². The molecule has 0 atom stereocenters. The third-order valence-electron chi connectivity index (χ3n) is 1.07. The summed E-state index contributed by atoms with van der Waals surface area (Å²) in [7, 11) is 0. The van der Waals surface area contributed by atoms with Crippen LogP contribution in [0.2, 0.25) is 0 Å². The molecule has 0 aromatic carbocycles. The Labute approximate surface area is 69.0 Å². The van der Waals surface area contributed by atoms with E-state index >= 15 is 0 Å². The van der Waals surface area contributed by atoms with Crippen molar-refractivity contribution in [3.05, 3.63) is 24.0 Å². The van der Waals surface area contributed by atoms with E-state index < -0.39 is 5.43 Å².